The van der Waals surface area contributed by atoms with Gasteiger partial charge in [-0.1, -0.05) is 41.6 Å². The van der Waals surface area contributed by atoms with Crippen LogP contribution in [0.5, 0.6) is 0 Å². The molecule has 0 aliphatic heterocycles. The summed E-state index contributed by atoms with van der Waals surface area (Å²) >= 11 is 1.61. The van der Waals surface area contributed by atoms with E-state index in [2.05, 4.69) is 15.4 Å². The van der Waals surface area contributed by atoms with Crippen molar-refractivity contribution >= 4 is 22.2 Å². The highest BCUT2D eigenvalue weighted by Crippen LogP contribution is 2.32. The maximum Gasteiger partial charge on any atom is 0.145 e. The molecule has 4 nitrogen and oxygen atoms in total. The topological polar surface area (TPSA) is 51.8 Å². The quantitative estimate of drug-likeness (QED) is 0.556. The predicted octanol–water partition coefficient (Wildman–Crippen LogP) is 4.01. The summed E-state index contributed by atoms with van der Waals surface area (Å²) in [7, 11) is 0. The zero-order chi connectivity index (χ0) is 13.4. The summed E-state index contributed by atoms with van der Waals surface area (Å²) in [5.41, 5.74) is 3.32. The van der Waals surface area contributed by atoms with Gasteiger partial charge >= 0.3 is 0 Å². The average molecular weight is 279 g/mol. The molecule has 4 rings (SSSR count). The second kappa shape index (κ2) is 4.54. The fraction of sp³-hybridized carbons (Fsp3) is 0. The molecule has 20 heavy (non-hydrogen) atoms. The second-order valence-corrected chi connectivity index (χ2v) is 5.27. The lowest BCUT2D eigenvalue weighted by Crippen LogP contribution is -1.92. The third-order valence-corrected chi connectivity index (χ3v) is 3.98. The first-order valence-corrected chi connectivity index (χ1v) is 7.01. The van der Waals surface area contributed by atoms with Crippen LogP contribution < -0.4 is 0 Å². The molecular formula is C15H9N3OS. The predicted molar refractivity (Wildman–Crippen MR) is 78.3 cm³/mol. The van der Waals surface area contributed by atoms with E-state index in [1.165, 1.54) is 0 Å². The number of thiophene rings is 1. The summed E-state index contributed by atoms with van der Waals surface area (Å²) < 4.78 is 5.14. The van der Waals surface area contributed by atoms with Gasteiger partial charge in [-0.3, -0.25) is 0 Å². The average Bonchev–Trinajstić information content (AvgIpc) is 3.18. The minimum absolute atomic E-state index is 0.751. The van der Waals surface area contributed by atoms with Crippen LogP contribution in [0, 0.1) is 0 Å². The van der Waals surface area contributed by atoms with Crippen LogP contribution >= 0.6 is 11.3 Å². The van der Waals surface area contributed by atoms with Gasteiger partial charge in [0.25, 0.3) is 0 Å². The lowest BCUT2D eigenvalue weighted by molar-refractivity contribution is 0.428. The van der Waals surface area contributed by atoms with Crippen molar-refractivity contribution in [3.63, 3.8) is 0 Å². The lowest BCUT2D eigenvalue weighted by Gasteiger charge is -2.02. The number of hydrogen-bond donors (Lipinski definition) is 0. The van der Waals surface area contributed by atoms with Gasteiger partial charge in [-0.2, -0.15) is 0 Å². The summed E-state index contributed by atoms with van der Waals surface area (Å²) in [6.07, 6.45) is 1.63. The van der Waals surface area contributed by atoms with Crippen LogP contribution in [0.25, 0.3) is 32.7 Å². The first kappa shape index (κ1) is 11.3. The molecule has 4 aromatic rings. The standard InChI is InChI=1S/C15H9N3OS/c1-2-5-10(6-3-1)13-11-9-19-18-14(11)15(17-16-13)12-7-4-8-20-12/h1-9H. The molecule has 0 spiro atoms. The van der Waals surface area contributed by atoms with Crippen LogP contribution in [0.1, 0.15) is 0 Å². The van der Waals surface area contributed by atoms with Gasteiger partial charge in [0.1, 0.15) is 23.2 Å². The van der Waals surface area contributed by atoms with Gasteiger partial charge in [0.15, 0.2) is 0 Å². The van der Waals surface area contributed by atoms with Gasteiger partial charge in [0, 0.05) is 5.56 Å². The minimum atomic E-state index is 0.751. The van der Waals surface area contributed by atoms with E-state index in [4.69, 9.17) is 4.52 Å². The summed E-state index contributed by atoms with van der Waals surface area (Å²) in [5, 5.41) is 15.7. The zero-order valence-electron chi connectivity index (χ0n) is 10.4. The smallest absolute Gasteiger partial charge is 0.145 e. The first-order chi connectivity index (χ1) is 9.93. The molecule has 0 unspecified atom stereocenters. The molecule has 0 saturated carbocycles. The Morgan fingerprint density at radius 1 is 0.900 bits per heavy atom. The van der Waals surface area contributed by atoms with Crippen LogP contribution in [-0.4, -0.2) is 15.4 Å². The fourth-order valence-electron chi connectivity index (χ4n) is 2.17. The third-order valence-electron chi connectivity index (χ3n) is 3.10. The summed E-state index contributed by atoms with van der Waals surface area (Å²) in [4.78, 5) is 1.04. The molecule has 0 atom stereocenters. The minimum Gasteiger partial charge on any atom is -0.363 e. The van der Waals surface area contributed by atoms with Gasteiger partial charge in [0.05, 0.1) is 10.3 Å². The van der Waals surface area contributed by atoms with Gasteiger partial charge in [-0.25, -0.2) is 0 Å². The Morgan fingerprint density at radius 2 is 1.75 bits per heavy atom. The second-order valence-electron chi connectivity index (χ2n) is 4.32. The summed E-state index contributed by atoms with van der Waals surface area (Å²) in [5.74, 6) is 0. The monoisotopic (exact) mass is 279 g/mol. The van der Waals surface area contributed by atoms with Crippen molar-refractivity contribution in [1.29, 1.82) is 0 Å². The summed E-state index contributed by atoms with van der Waals surface area (Å²) in [6.45, 7) is 0. The Balaban J connectivity index is 1.99. The molecule has 1 aromatic carbocycles. The van der Waals surface area contributed by atoms with Crippen molar-refractivity contribution in [2.75, 3.05) is 0 Å². The number of benzene rings is 1. The first-order valence-electron chi connectivity index (χ1n) is 6.13. The normalized spacial score (nSPS) is 11.0. The van der Waals surface area contributed by atoms with Gasteiger partial charge < -0.3 is 4.52 Å². The molecule has 5 heteroatoms. The van der Waals surface area contributed by atoms with Gasteiger partial charge in [-0.05, 0) is 11.4 Å². The third kappa shape index (κ3) is 1.71. The van der Waals surface area contributed by atoms with E-state index in [1.54, 1.807) is 17.6 Å². The number of hydrogen-bond acceptors (Lipinski definition) is 5. The largest absolute Gasteiger partial charge is 0.363 e. The molecule has 3 heterocycles. The Morgan fingerprint density at radius 3 is 2.55 bits per heavy atom. The molecule has 0 N–H and O–H groups in total. The van der Waals surface area contributed by atoms with Crippen molar-refractivity contribution in [2.45, 2.75) is 0 Å². The molecule has 0 aliphatic carbocycles. The van der Waals surface area contributed by atoms with Crippen molar-refractivity contribution < 1.29 is 4.52 Å². The lowest BCUT2D eigenvalue weighted by atomic mass is 10.1. The van der Waals surface area contributed by atoms with Crippen molar-refractivity contribution in [2.24, 2.45) is 0 Å². The molecule has 0 bridgehead atoms. The molecule has 0 saturated heterocycles. The van der Waals surface area contributed by atoms with Crippen LogP contribution in [-0.2, 0) is 0 Å². The van der Waals surface area contributed by atoms with Crippen LogP contribution in [0.4, 0.5) is 0 Å². The van der Waals surface area contributed by atoms with Crippen molar-refractivity contribution in [3.05, 3.63) is 54.1 Å². The highest BCUT2D eigenvalue weighted by atomic mass is 32.1. The SMILES string of the molecule is c1ccc(-c2nnc(-c3cccs3)c3nocc23)cc1. The number of rotatable bonds is 2. The van der Waals surface area contributed by atoms with Crippen molar-refractivity contribution in [1.82, 2.24) is 15.4 Å². The van der Waals surface area contributed by atoms with E-state index in [0.717, 1.165) is 32.7 Å². The van der Waals surface area contributed by atoms with E-state index in [1.807, 2.05) is 47.8 Å². The Bertz CT molecular complexity index is 853. The maximum atomic E-state index is 5.14. The molecule has 3 aromatic heterocycles. The van der Waals surface area contributed by atoms with Crippen molar-refractivity contribution in [3.8, 4) is 21.8 Å². The zero-order valence-corrected chi connectivity index (χ0v) is 11.2. The fourth-order valence-corrected chi connectivity index (χ4v) is 2.88. The molecule has 96 valence electrons. The van der Waals surface area contributed by atoms with E-state index in [9.17, 15) is 0 Å². The molecule has 0 aliphatic rings. The Labute approximate surface area is 118 Å². The molecule has 0 radical (unpaired) electrons. The van der Waals surface area contributed by atoms with E-state index >= 15 is 0 Å². The highest BCUT2D eigenvalue weighted by molar-refractivity contribution is 7.13. The molecule has 0 amide bonds. The van der Waals surface area contributed by atoms with Crippen LogP contribution in [0.3, 0.4) is 0 Å². The highest BCUT2D eigenvalue weighted by Gasteiger charge is 2.16. The van der Waals surface area contributed by atoms with E-state index in [-0.39, 0.29) is 0 Å². The molecule has 0 fully saturated rings. The van der Waals surface area contributed by atoms with Gasteiger partial charge in [0.2, 0.25) is 0 Å². The molecular weight excluding hydrogens is 270 g/mol. The van der Waals surface area contributed by atoms with E-state index in [0.29, 0.717) is 0 Å². The maximum absolute atomic E-state index is 5.14. The number of aromatic nitrogens is 3. The van der Waals surface area contributed by atoms with Gasteiger partial charge in [-0.15, -0.1) is 21.5 Å². The van der Waals surface area contributed by atoms with Crippen LogP contribution in [0.15, 0.2) is 58.6 Å². The Hall–Kier alpha value is -2.53. The Kier molecular flexibility index (Phi) is 2.57. The number of fused-ring (bicyclic) bond motifs is 1. The van der Waals surface area contributed by atoms with Crippen LogP contribution in [0.2, 0.25) is 0 Å². The summed E-state index contributed by atoms with van der Waals surface area (Å²) in [6, 6.07) is 13.9. The number of nitrogens with zero attached hydrogens (tertiary/aromatic N) is 3. The van der Waals surface area contributed by atoms with E-state index < -0.39 is 0 Å².